The summed E-state index contributed by atoms with van der Waals surface area (Å²) in [5.74, 6) is 2.01. The van der Waals surface area contributed by atoms with E-state index >= 15 is 0 Å². The van der Waals surface area contributed by atoms with Gasteiger partial charge in [-0.1, -0.05) is 63.3 Å². The molecule has 0 bridgehead atoms. The third-order valence-electron chi connectivity index (χ3n) is 15.7. The van der Waals surface area contributed by atoms with Gasteiger partial charge in [-0.2, -0.15) is 0 Å². The Morgan fingerprint density at radius 1 is 0.816 bits per heavy atom. The monoisotopic (exact) mass is 663 g/mol. The zero-order valence-electron chi connectivity index (χ0n) is 30.9. The maximum absolute atomic E-state index is 14.4. The first kappa shape index (κ1) is 34.2. The molecule has 1 heterocycles. The molecule has 49 heavy (non-hydrogen) atoms. The van der Waals surface area contributed by atoms with E-state index in [1.54, 1.807) is 6.92 Å². The van der Waals surface area contributed by atoms with Gasteiger partial charge in [0.15, 0.2) is 5.78 Å². The average Bonchev–Trinajstić information content (AvgIpc) is 3.45. The van der Waals surface area contributed by atoms with Gasteiger partial charge in [-0.3, -0.25) is 14.4 Å². The number of anilines is 1. The van der Waals surface area contributed by atoms with Crippen molar-refractivity contribution in [1.82, 2.24) is 0 Å². The molecule has 7 rings (SSSR count). The number of carbonyl (C=O) groups is 3. The molecule has 5 heteroatoms. The molecule has 1 aliphatic heterocycles. The molecule has 5 aliphatic rings. The normalized spacial score (nSPS) is 39.2. The third kappa shape index (κ3) is 4.87. The molecule has 2 aromatic carbocycles. The average molecular weight is 664 g/mol. The Hall–Kier alpha value is -3.21. The van der Waals surface area contributed by atoms with Crippen LogP contribution in [0.15, 0.2) is 66.7 Å². The molecular formula is C44H57NO4. The predicted octanol–water partition coefficient (Wildman–Crippen LogP) is 9.99. The Labute approximate surface area is 294 Å². The van der Waals surface area contributed by atoms with Crippen molar-refractivity contribution >= 4 is 23.3 Å². The fourth-order valence-electron chi connectivity index (χ4n) is 13.3. The lowest BCUT2D eigenvalue weighted by Crippen LogP contribution is -2.71. The first-order valence-corrected chi connectivity index (χ1v) is 18.9. The van der Waals surface area contributed by atoms with Crippen molar-refractivity contribution < 1.29 is 19.1 Å². The van der Waals surface area contributed by atoms with Gasteiger partial charge in [-0.25, -0.2) is 0 Å². The zero-order chi connectivity index (χ0) is 35.1. The summed E-state index contributed by atoms with van der Waals surface area (Å²) in [6.07, 6.45) is 8.74. The molecule has 0 N–H and O–H groups in total. The number of benzene rings is 2. The summed E-state index contributed by atoms with van der Waals surface area (Å²) < 4.78 is 6.20. The van der Waals surface area contributed by atoms with Crippen LogP contribution in [-0.2, 0) is 20.9 Å². The number of ketones is 1. The van der Waals surface area contributed by atoms with Gasteiger partial charge < -0.3 is 9.64 Å². The van der Waals surface area contributed by atoms with Crippen molar-refractivity contribution in [2.45, 2.75) is 118 Å². The maximum Gasteiger partial charge on any atom is 0.312 e. The topological polar surface area (TPSA) is 63.7 Å². The summed E-state index contributed by atoms with van der Waals surface area (Å²) in [5.41, 5.74) is 3.00. The molecule has 9 atom stereocenters. The zero-order valence-corrected chi connectivity index (χ0v) is 30.9. The SMILES string of the molecule is C=C(C)[C@@H]1CC[C@]2(C(=O)OCc3ccccc3)CC[C@]3(C)[C@H](CC[C@@H]4[C@@]5(C)CC(=O)N(c6ccc(C(C)=O)cc6)C(C)(C)[C@@H]5CC[C@]43C)[C@@H]12. The van der Waals surface area contributed by atoms with Crippen molar-refractivity contribution in [3.63, 3.8) is 0 Å². The van der Waals surface area contributed by atoms with Gasteiger partial charge in [0.2, 0.25) is 5.91 Å². The number of nitrogens with zero attached hydrogens (tertiary/aromatic N) is 1. The molecule has 0 aromatic heterocycles. The smallest absolute Gasteiger partial charge is 0.312 e. The Kier molecular flexibility index (Phi) is 8.16. The molecule has 0 unspecified atom stereocenters. The second-order valence-corrected chi connectivity index (χ2v) is 18.1. The number of allylic oxidation sites excluding steroid dienone is 1. The Morgan fingerprint density at radius 3 is 2.16 bits per heavy atom. The summed E-state index contributed by atoms with van der Waals surface area (Å²) in [5, 5.41) is 0. The van der Waals surface area contributed by atoms with E-state index in [9.17, 15) is 14.4 Å². The van der Waals surface area contributed by atoms with Gasteiger partial charge in [-0.05, 0) is 155 Å². The second kappa shape index (κ2) is 11.7. The van der Waals surface area contributed by atoms with E-state index in [0.717, 1.165) is 62.6 Å². The molecule has 0 spiro atoms. The van der Waals surface area contributed by atoms with Crippen LogP contribution in [0, 0.1) is 51.2 Å². The number of rotatable bonds is 6. The lowest BCUT2D eigenvalue weighted by molar-refractivity contribution is -0.231. The summed E-state index contributed by atoms with van der Waals surface area (Å²) in [4.78, 5) is 42.7. The quantitative estimate of drug-likeness (QED) is 0.175. The van der Waals surface area contributed by atoms with Gasteiger partial charge in [0, 0.05) is 23.2 Å². The first-order chi connectivity index (χ1) is 23.1. The van der Waals surface area contributed by atoms with E-state index in [0.29, 0.717) is 42.3 Å². The van der Waals surface area contributed by atoms with Crippen LogP contribution in [0.2, 0.25) is 0 Å². The second-order valence-electron chi connectivity index (χ2n) is 18.1. The molecule has 0 radical (unpaired) electrons. The number of carbonyl (C=O) groups excluding carboxylic acids is 3. The summed E-state index contributed by atoms with van der Waals surface area (Å²) in [6, 6.07) is 17.7. The minimum atomic E-state index is -0.450. The van der Waals surface area contributed by atoms with Crippen LogP contribution in [0.25, 0.3) is 0 Å². The molecule has 4 saturated carbocycles. The molecule has 4 aliphatic carbocycles. The van der Waals surface area contributed by atoms with Gasteiger partial charge in [0.05, 0.1) is 5.41 Å². The number of hydrogen-bond donors (Lipinski definition) is 0. The van der Waals surface area contributed by atoms with Gasteiger partial charge in [0.1, 0.15) is 6.61 Å². The molecular weight excluding hydrogens is 606 g/mol. The van der Waals surface area contributed by atoms with Crippen LogP contribution in [0.1, 0.15) is 122 Å². The minimum absolute atomic E-state index is 0.00570. The largest absolute Gasteiger partial charge is 0.460 e. The molecule has 5 nitrogen and oxygen atoms in total. The van der Waals surface area contributed by atoms with E-state index in [-0.39, 0.29) is 45.4 Å². The summed E-state index contributed by atoms with van der Waals surface area (Å²) >= 11 is 0. The van der Waals surface area contributed by atoms with Crippen molar-refractivity contribution in [3.8, 4) is 0 Å². The molecule has 5 fully saturated rings. The van der Waals surface area contributed by atoms with E-state index in [1.165, 1.54) is 5.57 Å². The number of Topliss-reactive ketones (excluding diaryl/α,β-unsaturated/α-hetero) is 1. The fourth-order valence-corrected chi connectivity index (χ4v) is 13.3. The number of piperidine rings is 1. The van der Waals surface area contributed by atoms with Crippen LogP contribution in [0.4, 0.5) is 5.69 Å². The lowest BCUT2D eigenvalue weighted by Gasteiger charge is -2.72. The van der Waals surface area contributed by atoms with Crippen molar-refractivity contribution in [3.05, 3.63) is 77.9 Å². The van der Waals surface area contributed by atoms with Gasteiger partial charge in [0.25, 0.3) is 0 Å². The van der Waals surface area contributed by atoms with Crippen LogP contribution >= 0.6 is 0 Å². The number of ether oxygens (including phenoxy) is 1. The van der Waals surface area contributed by atoms with E-state index in [1.807, 2.05) is 59.5 Å². The maximum atomic E-state index is 14.4. The predicted molar refractivity (Wildman–Crippen MR) is 195 cm³/mol. The lowest BCUT2D eigenvalue weighted by atomic mass is 9.33. The van der Waals surface area contributed by atoms with Crippen LogP contribution in [-0.4, -0.2) is 23.2 Å². The van der Waals surface area contributed by atoms with E-state index in [2.05, 4.69) is 48.1 Å². The Morgan fingerprint density at radius 2 is 1.51 bits per heavy atom. The van der Waals surface area contributed by atoms with Crippen molar-refractivity contribution in [2.24, 2.45) is 51.2 Å². The highest BCUT2D eigenvalue weighted by molar-refractivity contribution is 5.98. The third-order valence-corrected chi connectivity index (χ3v) is 15.7. The Bertz CT molecular complexity index is 1660. The first-order valence-electron chi connectivity index (χ1n) is 18.9. The van der Waals surface area contributed by atoms with Crippen LogP contribution < -0.4 is 4.90 Å². The van der Waals surface area contributed by atoms with E-state index < -0.39 is 5.41 Å². The highest BCUT2D eigenvalue weighted by atomic mass is 16.5. The highest BCUT2D eigenvalue weighted by Crippen LogP contribution is 2.77. The fraction of sp³-hybridized carbons (Fsp3) is 0.614. The highest BCUT2D eigenvalue weighted by Gasteiger charge is 2.72. The Balaban J connectivity index is 1.20. The number of esters is 1. The summed E-state index contributed by atoms with van der Waals surface area (Å²) in [7, 11) is 0. The van der Waals surface area contributed by atoms with E-state index in [4.69, 9.17) is 4.74 Å². The number of hydrogen-bond acceptors (Lipinski definition) is 4. The molecule has 262 valence electrons. The minimum Gasteiger partial charge on any atom is -0.460 e. The van der Waals surface area contributed by atoms with Crippen molar-refractivity contribution in [2.75, 3.05) is 4.90 Å². The van der Waals surface area contributed by atoms with Crippen LogP contribution in [0.3, 0.4) is 0 Å². The van der Waals surface area contributed by atoms with Crippen molar-refractivity contribution in [1.29, 1.82) is 0 Å². The van der Waals surface area contributed by atoms with Crippen LogP contribution in [0.5, 0.6) is 0 Å². The van der Waals surface area contributed by atoms with Gasteiger partial charge >= 0.3 is 5.97 Å². The number of amides is 1. The molecule has 1 amide bonds. The summed E-state index contributed by atoms with van der Waals surface area (Å²) in [6.45, 7) is 20.7. The van der Waals surface area contributed by atoms with Gasteiger partial charge in [-0.15, -0.1) is 0 Å². The molecule has 2 aromatic rings. The number of fused-ring (bicyclic) bond motifs is 7. The standard InChI is InChI=1S/C44H57NO4/c1-28(2)33-20-23-44(39(48)49-27-30-12-10-9-11-13-30)25-24-42(7)34(38(33)44)18-19-36-41(6)26-37(47)45(32-16-14-31(15-17-32)29(3)46)40(4,5)35(41)21-22-43(36,42)8/h9-17,33-36,38H,1,18-27H2,2-8H3/t33-,34+,35-,36+,38+,41-,42+,43+,44-/m0/s1. The molecule has 1 saturated heterocycles.